The van der Waals surface area contributed by atoms with Gasteiger partial charge in [0.1, 0.15) is 0 Å². The van der Waals surface area contributed by atoms with Crippen molar-refractivity contribution in [3.63, 3.8) is 0 Å². The molecular weight excluding hydrogens is 222 g/mol. The van der Waals surface area contributed by atoms with Crippen molar-refractivity contribution in [1.82, 2.24) is 15.1 Å². The lowest BCUT2D eigenvalue weighted by Crippen LogP contribution is -2.43. The Bertz CT molecular complexity index is 373. The van der Waals surface area contributed by atoms with E-state index in [1.54, 1.807) is 0 Å². The molecule has 3 heteroatoms. The maximum atomic E-state index is 4.70. The van der Waals surface area contributed by atoms with Crippen LogP contribution in [-0.4, -0.2) is 21.9 Å². The Balaban J connectivity index is 2.08. The van der Waals surface area contributed by atoms with Crippen molar-refractivity contribution >= 4 is 0 Å². The van der Waals surface area contributed by atoms with Gasteiger partial charge < -0.3 is 5.32 Å². The highest BCUT2D eigenvalue weighted by Crippen LogP contribution is 2.30. The summed E-state index contributed by atoms with van der Waals surface area (Å²) in [6, 6.07) is 2.64. The third-order valence-electron chi connectivity index (χ3n) is 3.84. The SMILES string of the molecule is CC(C)CC1(Cc2ccn(C(C)C)n2)CCCN1. The fourth-order valence-electron chi connectivity index (χ4n) is 3.15. The van der Waals surface area contributed by atoms with Gasteiger partial charge in [-0.3, -0.25) is 4.68 Å². The molecule has 1 aliphatic rings. The molecule has 0 radical (unpaired) electrons. The van der Waals surface area contributed by atoms with Crippen molar-refractivity contribution in [2.24, 2.45) is 5.92 Å². The zero-order chi connectivity index (χ0) is 13.2. The molecule has 2 heterocycles. The summed E-state index contributed by atoms with van der Waals surface area (Å²) in [5.41, 5.74) is 1.53. The number of rotatable bonds is 5. The number of nitrogens with one attached hydrogen (secondary N) is 1. The van der Waals surface area contributed by atoms with Crippen LogP contribution in [0, 0.1) is 5.92 Å². The van der Waals surface area contributed by atoms with E-state index < -0.39 is 0 Å². The van der Waals surface area contributed by atoms with E-state index >= 15 is 0 Å². The van der Waals surface area contributed by atoms with Crippen molar-refractivity contribution in [2.75, 3.05) is 6.54 Å². The van der Waals surface area contributed by atoms with Gasteiger partial charge in [-0.05, 0) is 51.6 Å². The predicted octanol–water partition coefficient (Wildman–Crippen LogP) is 3.17. The molecule has 0 amide bonds. The maximum absolute atomic E-state index is 4.70. The van der Waals surface area contributed by atoms with Crippen LogP contribution in [-0.2, 0) is 6.42 Å². The summed E-state index contributed by atoms with van der Waals surface area (Å²) in [4.78, 5) is 0. The molecular formula is C15H27N3. The van der Waals surface area contributed by atoms with E-state index in [0.717, 1.165) is 18.9 Å². The monoisotopic (exact) mass is 249 g/mol. The first-order chi connectivity index (χ1) is 8.51. The molecule has 1 N–H and O–H groups in total. The summed E-state index contributed by atoms with van der Waals surface area (Å²) in [5.74, 6) is 0.739. The molecule has 3 nitrogen and oxygen atoms in total. The molecule has 18 heavy (non-hydrogen) atoms. The van der Waals surface area contributed by atoms with Crippen LogP contribution in [0.5, 0.6) is 0 Å². The highest BCUT2D eigenvalue weighted by Gasteiger charge is 2.34. The van der Waals surface area contributed by atoms with Crippen molar-refractivity contribution in [1.29, 1.82) is 0 Å². The van der Waals surface area contributed by atoms with Crippen molar-refractivity contribution in [2.45, 2.75) is 65.0 Å². The molecule has 1 saturated heterocycles. The predicted molar refractivity (Wildman–Crippen MR) is 75.7 cm³/mol. The molecule has 0 saturated carbocycles. The van der Waals surface area contributed by atoms with E-state index in [2.05, 4.69) is 50.0 Å². The van der Waals surface area contributed by atoms with Gasteiger partial charge >= 0.3 is 0 Å². The molecule has 1 aromatic rings. The Morgan fingerprint density at radius 2 is 2.17 bits per heavy atom. The first kappa shape index (κ1) is 13.6. The van der Waals surface area contributed by atoms with Gasteiger partial charge in [0.15, 0.2) is 0 Å². The molecule has 0 bridgehead atoms. The number of nitrogens with zero attached hydrogens (tertiary/aromatic N) is 2. The van der Waals surface area contributed by atoms with Gasteiger partial charge in [0, 0.05) is 24.2 Å². The first-order valence-corrected chi connectivity index (χ1v) is 7.30. The minimum Gasteiger partial charge on any atom is -0.311 e. The molecule has 1 atom stereocenters. The zero-order valence-electron chi connectivity index (χ0n) is 12.2. The van der Waals surface area contributed by atoms with Crippen LogP contribution >= 0.6 is 0 Å². The minimum absolute atomic E-state index is 0.296. The van der Waals surface area contributed by atoms with Crippen LogP contribution in [0.25, 0.3) is 0 Å². The lowest BCUT2D eigenvalue weighted by molar-refractivity contribution is 0.298. The molecule has 1 unspecified atom stereocenters. The fourth-order valence-corrected chi connectivity index (χ4v) is 3.15. The van der Waals surface area contributed by atoms with Gasteiger partial charge in [-0.25, -0.2) is 0 Å². The Hall–Kier alpha value is -0.830. The molecule has 1 aliphatic heterocycles. The van der Waals surface area contributed by atoms with Crippen LogP contribution < -0.4 is 5.32 Å². The summed E-state index contributed by atoms with van der Waals surface area (Å²) in [7, 11) is 0. The molecule has 1 fully saturated rings. The number of aromatic nitrogens is 2. The van der Waals surface area contributed by atoms with Crippen LogP contribution in [0.4, 0.5) is 0 Å². The summed E-state index contributed by atoms with van der Waals surface area (Å²) in [6.07, 6.45) is 7.03. The summed E-state index contributed by atoms with van der Waals surface area (Å²) in [6.45, 7) is 10.1. The van der Waals surface area contributed by atoms with Crippen LogP contribution in [0.2, 0.25) is 0 Å². The van der Waals surface area contributed by atoms with Gasteiger partial charge in [0.2, 0.25) is 0 Å². The topological polar surface area (TPSA) is 29.9 Å². The van der Waals surface area contributed by atoms with Crippen LogP contribution in [0.3, 0.4) is 0 Å². The highest BCUT2D eigenvalue weighted by molar-refractivity contribution is 5.08. The Labute approximate surface area is 111 Å². The average molecular weight is 249 g/mol. The van der Waals surface area contributed by atoms with Gasteiger partial charge in [-0.2, -0.15) is 5.10 Å². The summed E-state index contributed by atoms with van der Waals surface area (Å²) < 4.78 is 2.06. The lowest BCUT2D eigenvalue weighted by atomic mass is 9.83. The smallest absolute Gasteiger partial charge is 0.0643 e. The average Bonchev–Trinajstić information content (AvgIpc) is 2.87. The fraction of sp³-hybridized carbons (Fsp3) is 0.800. The van der Waals surface area contributed by atoms with E-state index in [-0.39, 0.29) is 0 Å². The van der Waals surface area contributed by atoms with E-state index in [9.17, 15) is 0 Å². The second kappa shape index (κ2) is 5.43. The molecule has 0 aliphatic carbocycles. The van der Waals surface area contributed by atoms with Crippen molar-refractivity contribution in [3.05, 3.63) is 18.0 Å². The van der Waals surface area contributed by atoms with E-state index in [1.165, 1.54) is 25.0 Å². The van der Waals surface area contributed by atoms with Crippen molar-refractivity contribution in [3.8, 4) is 0 Å². The van der Waals surface area contributed by atoms with Crippen LogP contribution in [0.1, 0.15) is 58.7 Å². The Morgan fingerprint density at radius 1 is 1.39 bits per heavy atom. The standard InChI is InChI=1S/C15H27N3/c1-12(2)10-15(7-5-8-16-15)11-14-6-9-18(17-14)13(3)4/h6,9,12-13,16H,5,7-8,10-11H2,1-4H3. The Morgan fingerprint density at radius 3 is 2.67 bits per heavy atom. The molecule has 0 aromatic carbocycles. The summed E-state index contributed by atoms with van der Waals surface area (Å²) >= 11 is 0. The Kier molecular flexibility index (Phi) is 4.10. The van der Waals surface area contributed by atoms with E-state index in [4.69, 9.17) is 5.10 Å². The molecule has 2 rings (SSSR count). The quantitative estimate of drug-likeness (QED) is 0.868. The van der Waals surface area contributed by atoms with Gasteiger partial charge in [0.25, 0.3) is 0 Å². The number of hydrogen-bond acceptors (Lipinski definition) is 2. The number of hydrogen-bond donors (Lipinski definition) is 1. The zero-order valence-corrected chi connectivity index (χ0v) is 12.2. The molecule has 1 aromatic heterocycles. The summed E-state index contributed by atoms with van der Waals surface area (Å²) in [5, 5.41) is 8.44. The second-order valence-electron chi connectivity index (χ2n) is 6.47. The lowest BCUT2D eigenvalue weighted by Gasteiger charge is -2.31. The maximum Gasteiger partial charge on any atom is 0.0643 e. The molecule has 0 spiro atoms. The highest BCUT2D eigenvalue weighted by atomic mass is 15.3. The second-order valence-corrected chi connectivity index (χ2v) is 6.47. The van der Waals surface area contributed by atoms with E-state index in [1.807, 2.05) is 0 Å². The van der Waals surface area contributed by atoms with Gasteiger partial charge in [-0.15, -0.1) is 0 Å². The van der Waals surface area contributed by atoms with Crippen molar-refractivity contribution < 1.29 is 0 Å². The van der Waals surface area contributed by atoms with Crippen LogP contribution in [0.15, 0.2) is 12.3 Å². The third-order valence-corrected chi connectivity index (χ3v) is 3.84. The van der Waals surface area contributed by atoms with Gasteiger partial charge in [0.05, 0.1) is 5.69 Å². The largest absolute Gasteiger partial charge is 0.311 e. The molecule has 102 valence electrons. The third kappa shape index (κ3) is 3.14. The van der Waals surface area contributed by atoms with Gasteiger partial charge in [-0.1, -0.05) is 13.8 Å². The normalized spacial score (nSPS) is 24.3. The van der Waals surface area contributed by atoms with E-state index in [0.29, 0.717) is 11.6 Å². The minimum atomic E-state index is 0.296. The first-order valence-electron chi connectivity index (χ1n) is 7.30.